The van der Waals surface area contributed by atoms with Crippen LogP contribution in [0, 0.1) is 13.8 Å². The van der Waals surface area contributed by atoms with Crippen LogP contribution in [0.15, 0.2) is 40.9 Å². The minimum absolute atomic E-state index is 0.213. The second-order valence-corrected chi connectivity index (χ2v) is 5.59. The summed E-state index contributed by atoms with van der Waals surface area (Å²) in [4.78, 5) is 12.2. The van der Waals surface area contributed by atoms with Crippen molar-refractivity contribution in [3.63, 3.8) is 0 Å². The quantitative estimate of drug-likeness (QED) is 0.823. The molecule has 0 bridgehead atoms. The fourth-order valence-corrected chi connectivity index (χ4v) is 2.27. The van der Waals surface area contributed by atoms with Crippen LogP contribution in [0.4, 0.5) is 5.69 Å². The Balaban J connectivity index is 2.26. The van der Waals surface area contributed by atoms with Crippen LogP contribution in [-0.4, -0.2) is 5.91 Å². The van der Waals surface area contributed by atoms with Crippen molar-refractivity contribution < 1.29 is 4.79 Å². The lowest BCUT2D eigenvalue weighted by atomic mass is 10.1. The topological polar surface area (TPSA) is 29.1 Å². The molecule has 0 aromatic heterocycles. The second-order valence-electron chi connectivity index (χ2n) is 4.35. The maximum Gasteiger partial charge on any atom is 0.257 e. The first-order valence-electron chi connectivity index (χ1n) is 5.81. The first-order chi connectivity index (χ1) is 8.99. The molecule has 0 aliphatic heterocycles. The number of halogens is 2. The average molecular weight is 339 g/mol. The van der Waals surface area contributed by atoms with E-state index in [1.165, 1.54) is 5.56 Å². The predicted molar refractivity (Wildman–Crippen MR) is 83.0 cm³/mol. The molecule has 0 heterocycles. The number of hydrogen-bond acceptors (Lipinski definition) is 1. The number of aryl methyl sites for hydroxylation is 2. The largest absolute Gasteiger partial charge is 0.322 e. The molecule has 0 radical (unpaired) electrons. The minimum Gasteiger partial charge on any atom is -0.322 e. The minimum atomic E-state index is -0.213. The standard InChI is InChI=1S/C15H13BrClNO/c1-9-6-7-11(8-10(9)2)18-15(19)12-4-3-5-13(16)14(12)17/h3-8H,1-2H3,(H,18,19). The Bertz CT molecular complexity index is 640. The molecule has 0 aliphatic carbocycles. The molecule has 0 saturated heterocycles. The Morgan fingerprint density at radius 2 is 1.89 bits per heavy atom. The lowest BCUT2D eigenvalue weighted by Gasteiger charge is -2.09. The van der Waals surface area contributed by atoms with E-state index in [4.69, 9.17) is 11.6 Å². The van der Waals surface area contributed by atoms with Gasteiger partial charge in [-0.2, -0.15) is 0 Å². The van der Waals surface area contributed by atoms with Crippen LogP contribution in [0.3, 0.4) is 0 Å². The highest BCUT2D eigenvalue weighted by Crippen LogP contribution is 2.26. The van der Waals surface area contributed by atoms with Gasteiger partial charge in [-0.3, -0.25) is 4.79 Å². The van der Waals surface area contributed by atoms with Gasteiger partial charge in [0.2, 0.25) is 0 Å². The summed E-state index contributed by atoms with van der Waals surface area (Å²) >= 11 is 9.41. The number of nitrogens with one attached hydrogen (secondary N) is 1. The molecule has 0 spiro atoms. The number of amides is 1. The van der Waals surface area contributed by atoms with Gasteiger partial charge in [-0.1, -0.05) is 23.7 Å². The molecule has 2 aromatic rings. The van der Waals surface area contributed by atoms with E-state index in [2.05, 4.69) is 21.2 Å². The number of carbonyl (C=O) groups is 1. The molecule has 4 heteroatoms. The van der Waals surface area contributed by atoms with E-state index >= 15 is 0 Å². The number of carbonyl (C=O) groups excluding carboxylic acids is 1. The zero-order chi connectivity index (χ0) is 14.0. The Labute approximate surface area is 125 Å². The second kappa shape index (κ2) is 5.76. The maximum atomic E-state index is 12.2. The third-order valence-electron chi connectivity index (χ3n) is 2.96. The molecule has 98 valence electrons. The van der Waals surface area contributed by atoms with E-state index in [-0.39, 0.29) is 5.91 Å². The van der Waals surface area contributed by atoms with Crippen molar-refractivity contribution in [2.75, 3.05) is 5.32 Å². The van der Waals surface area contributed by atoms with E-state index in [0.29, 0.717) is 15.1 Å². The van der Waals surface area contributed by atoms with Crippen molar-refractivity contribution >= 4 is 39.1 Å². The fraction of sp³-hybridized carbons (Fsp3) is 0.133. The molecule has 0 aliphatic rings. The predicted octanol–water partition coefficient (Wildman–Crippen LogP) is 4.97. The van der Waals surface area contributed by atoms with Gasteiger partial charge >= 0.3 is 0 Å². The zero-order valence-corrected chi connectivity index (χ0v) is 13.0. The summed E-state index contributed by atoms with van der Waals surface area (Å²) in [7, 11) is 0. The Kier molecular flexibility index (Phi) is 4.27. The summed E-state index contributed by atoms with van der Waals surface area (Å²) in [5.74, 6) is -0.213. The molecule has 19 heavy (non-hydrogen) atoms. The molecule has 2 nitrogen and oxygen atoms in total. The first-order valence-corrected chi connectivity index (χ1v) is 6.99. The van der Waals surface area contributed by atoms with E-state index in [9.17, 15) is 4.79 Å². The lowest BCUT2D eigenvalue weighted by molar-refractivity contribution is 0.102. The van der Waals surface area contributed by atoms with Gasteiger partial charge in [0.05, 0.1) is 10.6 Å². The monoisotopic (exact) mass is 337 g/mol. The molecule has 1 N–H and O–H groups in total. The van der Waals surface area contributed by atoms with Crippen LogP contribution in [0.1, 0.15) is 21.5 Å². The Hall–Kier alpha value is -1.32. The van der Waals surface area contributed by atoms with Crippen LogP contribution in [0.25, 0.3) is 0 Å². The van der Waals surface area contributed by atoms with Crippen molar-refractivity contribution in [1.82, 2.24) is 0 Å². The van der Waals surface area contributed by atoms with Crippen LogP contribution >= 0.6 is 27.5 Å². The van der Waals surface area contributed by atoms with Crippen molar-refractivity contribution in [2.24, 2.45) is 0 Å². The lowest BCUT2D eigenvalue weighted by Crippen LogP contribution is -2.12. The summed E-state index contributed by atoms with van der Waals surface area (Å²) in [6, 6.07) is 11.1. The van der Waals surface area contributed by atoms with Crippen molar-refractivity contribution in [2.45, 2.75) is 13.8 Å². The molecule has 0 atom stereocenters. The van der Waals surface area contributed by atoms with E-state index < -0.39 is 0 Å². The fourth-order valence-electron chi connectivity index (χ4n) is 1.70. The van der Waals surface area contributed by atoms with Gasteiger partial charge in [-0.05, 0) is 65.2 Å². The van der Waals surface area contributed by atoms with Gasteiger partial charge in [0.1, 0.15) is 0 Å². The van der Waals surface area contributed by atoms with Crippen molar-refractivity contribution in [3.05, 3.63) is 62.6 Å². The number of anilines is 1. The van der Waals surface area contributed by atoms with Gasteiger partial charge in [-0.15, -0.1) is 0 Å². The highest BCUT2D eigenvalue weighted by atomic mass is 79.9. The van der Waals surface area contributed by atoms with Crippen molar-refractivity contribution in [1.29, 1.82) is 0 Å². The van der Waals surface area contributed by atoms with Crippen LogP contribution in [0.2, 0.25) is 5.02 Å². The van der Waals surface area contributed by atoms with Crippen molar-refractivity contribution in [3.8, 4) is 0 Å². The molecular formula is C15H13BrClNO. The van der Waals surface area contributed by atoms with E-state index in [1.807, 2.05) is 32.0 Å². The normalized spacial score (nSPS) is 10.3. The van der Waals surface area contributed by atoms with Gasteiger partial charge in [0.15, 0.2) is 0 Å². The third-order valence-corrected chi connectivity index (χ3v) is 4.26. The summed E-state index contributed by atoms with van der Waals surface area (Å²) in [6.45, 7) is 4.04. The van der Waals surface area contributed by atoms with E-state index in [0.717, 1.165) is 11.3 Å². The summed E-state index contributed by atoms with van der Waals surface area (Å²) < 4.78 is 0.710. The Morgan fingerprint density at radius 3 is 2.58 bits per heavy atom. The van der Waals surface area contributed by atoms with Gasteiger partial charge in [-0.25, -0.2) is 0 Å². The molecule has 2 aromatic carbocycles. The number of benzene rings is 2. The maximum absolute atomic E-state index is 12.2. The molecule has 0 saturated carbocycles. The molecule has 0 fully saturated rings. The Morgan fingerprint density at radius 1 is 1.16 bits per heavy atom. The smallest absolute Gasteiger partial charge is 0.257 e. The van der Waals surface area contributed by atoms with Gasteiger partial charge in [0.25, 0.3) is 5.91 Å². The summed E-state index contributed by atoms with van der Waals surface area (Å²) in [5.41, 5.74) is 3.55. The van der Waals surface area contributed by atoms with Crippen LogP contribution in [0.5, 0.6) is 0 Å². The summed E-state index contributed by atoms with van der Waals surface area (Å²) in [5, 5.41) is 3.27. The summed E-state index contributed by atoms with van der Waals surface area (Å²) in [6.07, 6.45) is 0. The van der Waals surface area contributed by atoms with Gasteiger partial charge in [0, 0.05) is 10.2 Å². The molecular weight excluding hydrogens is 326 g/mol. The number of rotatable bonds is 2. The first kappa shape index (κ1) is 14.1. The molecule has 1 amide bonds. The highest BCUT2D eigenvalue weighted by molar-refractivity contribution is 9.10. The molecule has 2 rings (SSSR count). The third kappa shape index (κ3) is 3.17. The van der Waals surface area contributed by atoms with E-state index in [1.54, 1.807) is 18.2 Å². The van der Waals surface area contributed by atoms with Crippen LogP contribution in [-0.2, 0) is 0 Å². The SMILES string of the molecule is Cc1ccc(NC(=O)c2cccc(Br)c2Cl)cc1C. The highest BCUT2D eigenvalue weighted by Gasteiger charge is 2.12. The van der Waals surface area contributed by atoms with Crippen LogP contribution < -0.4 is 5.32 Å². The molecule has 0 unspecified atom stereocenters. The number of hydrogen-bond donors (Lipinski definition) is 1. The van der Waals surface area contributed by atoms with Gasteiger partial charge < -0.3 is 5.32 Å². The average Bonchev–Trinajstić information content (AvgIpc) is 2.37. The zero-order valence-electron chi connectivity index (χ0n) is 10.6.